The lowest BCUT2D eigenvalue weighted by Crippen LogP contribution is -2.46. The third-order valence-electron chi connectivity index (χ3n) is 4.98. The number of nitrogens with zero attached hydrogens (tertiary/aromatic N) is 1. The predicted molar refractivity (Wildman–Crippen MR) is 83.0 cm³/mol. The molecule has 1 saturated carbocycles. The first-order chi connectivity index (χ1) is 9.70. The van der Waals surface area contributed by atoms with Crippen molar-refractivity contribution in [3.05, 3.63) is 34.1 Å². The predicted octanol–water partition coefficient (Wildman–Crippen LogP) is 3.85. The lowest BCUT2D eigenvalue weighted by Gasteiger charge is -2.43. The minimum Gasteiger partial charge on any atom is -0.329 e. The highest BCUT2D eigenvalue weighted by Crippen LogP contribution is 2.41. The van der Waals surface area contributed by atoms with Crippen LogP contribution in [0.5, 0.6) is 0 Å². The fraction of sp³-hybridized carbons (Fsp3) is 0.625. The molecular formula is C16H22BrFN2. The molecule has 0 spiro atoms. The monoisotopic (exact) mass is 340 g/mol. The van der Waals surface area contributed by atoms with Crippen LogP contribution in [0.4, 0.5) is 4.39 Å². The number of hydrogen-bond donors (Lipinski definition) is 1. The van der Waals surface area contributed by atoms with Gasteiger partial charge in [0.15, 0.2) is 0 Å². The molecule has 1 aliphatic heterocycles. The van der Waals surface area contributed by atoms with Crippen LogP contribution in [0.2, 0.25) is 0 Å². The van der Waals surface area contributed by atoms with Gasteiger partial charge in [0.05, 0.1) is 0 Å². The third kappa shape index (κ3) is 2.66. The molecule has 0 radical (unpaired) electrons. The molecule has 20 heavy (non-hydrogen) atoms. The van der Waals surface area contributed by atoms with Crippen molar-refractivity contribution in [2.24, 2.45) is 11.7 Å². The quantitative estimate of drug-likeness (QED) is 0.905. The van der Waals surface area contributed by atoms with Gasteiger partial charge in [-0.2, -0.15) is 0 Å². The fourth-order valence-corrected chi connectivity index (χ4v) is 4.60. The largest absolute Gasteiger partial charge is 0.329 e. The van der Waals surface area contributed by atoms with Crippen molar-refractivity contribution < 1.29 is 4.39 Å². The zero-order valence-corrected chi connectivity index (χ0v) is 13.3. The fourth-order valence-electron chi connectivity index (χ4n) is 4.09. The molecule has 1 aromatic rings. The molecule has 1 aromatic carbocycles. The molecule has 1 heterocycles. The third-order valence-corrected chi connectivity index (χ3v) is 5.70. The number of hydrogen-bond acceptors (Lipinski definition) is 2. The van der Waals surface area contributed by atoms with Gasteiger partial charge in [0.25, 0.3) is 0 Å². The summed E-state index contributed by atoms with van der Waals surface area (Å²) in [5.74, 6) is 0.645. The minimum absolute atomic E-state index is 0.131. The maximum atomic E-state index is 13.6. The Morgan fingerprint density at radius 3 is 2.90 bits per heavy atom. The van der Waals surface area contributed by atoms with Crippen LogP contribution in [0, 0.1) is 11.7 Å². The number of benzene rings is 1. The van der Waals surface area contributed by atoms with Gasteiger partial charge >= 0.3 is 0 Å². The molecule has 3 atom stereocenters. The van der Waals surface area contributed by atoms with Crippen LogP contribution in [0.15, 0.2) is 22.7 Å². The van der Waals surface area contributed by atoms with E-state index in [2.05, 4.69) is 20.8 Å². The summed E-state index contributed by atoms with van der Waals surface area (Å²) < 4.78 is 14.6. The van der Waals surface area contributed by atoms with Crippen molar-refractivity contribution in [2.75, 3.05) is 13.1 Å². The van der Waals surface area contributed by atoms with Crippen molar-refractivity contribution in [3.8, 4) is 0 Å². The Hall–Kier alpha value is -0.450. The average Bonchev–Trinajstić information content (AvgIpc) is 2.92. The van der Waals surface area contributed by atoms with Crippen molar-refractivity contribution in [3.63, 3.8) is 0 Å². The van der Waals surface area contributed by atoms with Gasteiger partial charge < -0.3 is 5.73 Å². The molecule has 3 unspecified atom stereocenters. The van der Waals surface area contributed by atoms with Gasteiger partial charge in [0.1, 0.15) is 5.82 Å². The second kappa shape index (κ2) is 6.12. The Kier molecular flexibility index (Phi) is 4.43. The van der Waals surface area contributed by atoms with Gasteiger partial charge in [0, 0.05) is 23.1 Å². The summed E-state index contributed by atoms with van der Waals surface area (Å²) in [6.45, 7) is 1.64. The van der Waals surface area contributed by atoms with Crippen molar-refractivity contribution >= 4 is 15.9 Å². The summed E-state index contributed by atoms with van der Waals surface area (Å²) in [5.41, 5.74) is 7.05. The Morgan fingerprint density at radius 2 is 2.10 bits per heavy atom. The lowest BCUT2D eigenvalue weighted by molar-refractivity contribution is 0.0697. The molecule has 2 aliphatic rings. The molecule has 1 saturated heterocycles. The Balaban J connectivity index is 1.90. The second-order valence-corrected chi connectivity index (χ2v) is 6.91. The molecule has 0 aromatic heterocycles. The number of piperidine rings is 1. The van der Waals surface area contributed by atoms with Crippen LogP contribution in [0.3, 0.4) is 0 Å². The van der Waals surface area contributed by atoms with Gasteiger partial charge in [-0.3, -0.25) is 4.90 Å². The Morgan fingerprint density at radius 1 is 1.30 bits per heavy atom. The number of rotatable bonds is 3. The maximum absolute atomic E-state index is 13.6. The SMILES string of the molecule is NCC(c1cc(F)ccc1Br)N1CCCC2CCCC21. The van der Waals surface area contributed by atoms with Crippen molar-refractivity contribution in [1.82, 2.24) is 4.90 Å². The van der Waals surface area contributed by atoms with Crippen molar-refractivity contribution in [2.45, 2.75) is 44.2 Å². The smallest absolute Gasteiger partial charge is 0.123 e. The first kappa shape index (κ1) is 14.5. The molecular weight excluding hydrogens is 319 g/mol. The summed E-state index contributed by atoms with van der Waals surface area (Å²) >= 11 is 3.56. The van der Waals surface area contributed by atoms with Gasteiger partial charge in [0.2, 0.25) is 0 Å². The van der Waals surface area contributed by atoms with E-state index in [4.69, 9.17) is 5.73 Å². The molecule has 1 aliphatic carbocycles. The van der Waals surface area contributed by atoms with E-state index >= 15 is 0 Å². The van der Waals surface area contributed by atoms with Crippen LogP contribution in [0.25, 0.3) is 0 Å². The molecule has 2 N–H and O–H groups in total. The summed E-state index contributed by atoms with van der Waals surface area (Å²) in [5, 5.41) is 0. The van der Waals surface area contributed by atoms with Gasteiger partial charge in [-0.05, 0) is 61.9 Å². The highest BCUT2D eigenvalue weighted by atomic mass is 79.9. The van der Waals surface area contributed by atoms with E-state index in [0.717, 1.165) is 22.5 Å². The number of likely N-dealkylation sites (tertiary alicyclic amines) is 1. The van der Waals surface area contributed by atoms with Gasteiger partial charge in [-0.25, -0.2) is 4.39 Å². The molecule has 0 bridgehead atoms. The maximum Gasteiger partial charge on any atom is 0.123 e. The average molecular weight is 341 g/mol. The molecule has 3 rings (SSSR count). The zero-order chi connectivity index (χ0) is 14.1. The van der Waals surface area contributed by atoms with E-state index in [1.54, 1.807) is 12.1 Å². The van der Waals surface area contributed by atoms with Crippen LogP contribution >= 0.6 is 15.9 Å². The summed E-state index contributed by atoms with van der Waals surface area (Å²) in [6.07, 6.45) is 6.54. The van der Waals surface area contributed by atoms with E-state index in [-0.39, 0.29) is 11.9 Å². The first-order valence-corrected chi connectivity index (χ1v) is 8.40. The number of halogens is 2. The molecule has 4 heteroatoms. The van der Waals surface area contributed by atoms with E-state index < -0.39 is 0 Å². The zero-order valence-electron chi connectivity index (χ0n) is 11.7. The van der Waals surface area contributed by atoms with E-state index in [0.29, 0.717) is 12.6 Å². The van der Waals surface area contributed by atoms with Gasteiger partial charge in [-0.1, -0.05) is 22.4 Å². The topological polar surface area (TPSA) is 29.3 Å². The molecule has 2 fully saturated rings. The first-order valence-electron chi connectivity index (χ1n) is 7.61. The molecule has 2 nitrogen and oxygen atoms in total. The Bertz CT molecular complexity index is 480. The van der Waals surface area contributed by atoms with Gasteiger partial charge in [-0.15, -0.1) is 0 Å². The molecule has 0 amide bonds. The normalized spacial score (nSPS) is 28.4. The van der Waals surface area contributed by atoms with E-state index in [1.807, 2.05) is 0 Å². The number of nitrogens with two attached hydrogens (primary N) is 1. The van der Waals surface area contributed by atoms with Crippen LogP contribution in [-0.4, -0.2) is 24.0 Å². The summed E-state index contributed by atoms with van der Waals surface area (Å²) in [7, 11) is 0. The summed E-state index contributed by atoms with van der Waals surface area (Å²) in [6, 6.07) is 5.71. The highest BCUT2D eigenvalue weighted by molar-refractivity contribution is 9.10. The standard InChI is InChI=1S/C16H22BrFN2/c17-14-7-6-12(18)9-13(14)16(10-19)20-8-2-4-11-3-1-5-15(11)20/h6-7,9,11,15-16H,1-5,8,10,19H2. The lowest BCUT2D eigenvalue weighted by atomic mass is 9.89. The molecule has 110 valence electrons. The Labute approximate surface area is 128 Å². The van der Waals surface area contributed by atoms with E-state index in [1.165, 1.54) is 38.2 Å². The second-order valence-electron chi connectivity index (χ2n) is 6.06. The van der Waals surface area contributed by atoms with Crippen LogP contribution in [0.1, 0.15) is 43.7 Å². The van der Waals surface area contributed by atoms with Crippen LogP contribution in [-0.2, 0) is 0 Å². The minimum atomic E-state index is -0.179. The summed E-state index contributed by atoms with van der Waals surface area (Å²) in [4.78, 5) is 2.54. The van der Waals surface area contributed by atoms with Crippen LogP contribution < -0.4 is 5.73 Å². The highest BCUT2D eigenvalue weighted by Gasteiger charge is 2.38. The van der Waals surface area contributed by atoms with Crippen molar-refractivity contribution in [1.29, 1.82) is 0 Å². The number of fused-ring (bicyclic) bond motifs is 1. The van der Waals surface area contributed by atoms with E-state index in [9.17, 15) is 4.39 Å².